The molecule has 1 aromatic rings. The molecule has 0 aliphatic rings. The average Bonchev–Trinajstić information content (AvgIpc) is 2.08. The Morgan fingerprint density at radius 3 is 2.83 bits per heavy atom. The molecular formula is C8H11BrN2O. The monoisotopic (exact) mass is 230 g/mol. The second kappa shape index (κ2) is 3.87. The van der Waals surface area contributed by atoms with Gasteiger partial charge in [0.05, 0.1) is 0 Å². The number of hydrogen-bond acceptors (Lipinski definition) is 2. The molecule has 0 saturated heterocycles. The van der Waals surface area contributed by atoms with Crippen molar-refractivity contribution in [3.05, 3.63) is 32.7 Å². The van der Waals surface area contributed by atoms with Crippen LogP contribution in [0.1, 0.15) is 12.5 Å². The smallest absolute Gasteiger partial charge is 0.255 e. The molecule has 0 fully saturated rings. The van der Waals surface area contributed by atoms with Crippen molar-refractivity contribution < 1.29 is 0 Å². The molecule has 4 heteroatoms. The van der Waals surface area contributed by atoms with Gasteiger partial charge in [0.1, 0.15) is 0 Å². The first-order chi connectivity index (χ1) is 5.69. The standard InChI is InChI=1S/C8H11BrN2O/c1-2-11-5-7(9)3-6(4-10)8(11)12/h3,5H,2,4,10H2,1H3. The lowest BCUT2D eigenvalue weighted by Crippen LogP contribution is -2.24. The van der Waals surface area contributed by atoms with E-state index in [0.717, 1.165) is 4.47 Å². The van der Waals surface area contributed by atoms with Gasteiger partial charge >= 0.3 is 0 Å². The minimum absolute atomic E-state index is 0.00296. The largest absolute Gasteiger partial charge is 0.326 e. The fraction of sp³-hybridized carbons (Fsp3) is 0.375. The van der Waals surface area contributed by atoms with Crippen molar-refractivity contribution in [3.8, 4) is 0 Å². The third kappa shape index (κ3) is 1.76. The number of hydrogen-bond donors (Lipinski definition) is 1. The Bertz CT molecular complexity index is 304. The van der Waals surface area contributed by atoms with Crippen LogP contribution in [0.4, 0.5) is 0 Å². The van der Waals surface area contributed by atoms with Crippen LogP contribution in [-0.2, 0) is 13.1 Å². The van der Waals surface area contributed by atoms with E-state index in [1.807, 2.05) is 6.92 Å². The molecule has 66 valence electrons. The van der Waals surface area contributed by atoms with Gasteiger partial charge in [-0.25, -0.2) is 0 Å². The number of aryl methyl sites for hydroxylation is 1. The van der Waals surface area contributed by atoms with Gasteiger partial charge < -0.3 is 10.3 Å². The van der Waals surface area contributed by atoms with E-state index in [1.54, 1.807) is 16.8 Å². The number of aromatic nitrogens is 1. The van der Waals surface area contributed by atoms with E-state index < -0.39 is 0 Å². The molecular weight excluding hydrogens is 220 g/mol. The van der Waals surface area contributed by atoms with E-state index in [-0.39, 0.29) is 12.1 Å². The van der Waals surface area contributed by atoms with E-state index in [4.69, 9.17) is 5.73 Å². The third-order valence-corrected chi connectivity index (χ3v) is 2.12. The molecule has 0 aromatic carbocycles. The van der Waals surface area contributed by atoms with Crippen LogP contribution in [0.25, 0.3) is 0 Å². The Morgan fingerprint density at radius 1 is 1.67 bits per heavy atom. The first-order valence-corrected chi connectivity index (χ1v) is 4.57. The van der Waals surface area contributed by atoms with Gasteiger partial charge in [-0.3, -0.25) is 4.79 Å². The first-order valence-electron chi connectivity index (χ1n) is 3.78. The molecule has 0 unspecified atom stereocenters. The fourth-order valence-electron chi connectivity index (χ4n) is 1.04. The molecule has 0 aliphatic heterocycles. The van der Waals surface area contributed by atoms with Crippen LogP contribution < -0.4 is 11.3 Å². The quantitative estimate of drug-likeness (QED) is 0.828. The van der Waals surface area contributed by atoms with Gasteiger partial charge in [0.15, 0.2) is 0 Å². The molecule has 0 bridgehead atoms. The predicted octanol–water partition coefficient (Wildman–Crippen LogP) is 1.09. The van der Waals surface area contributed by atoms with Gasteiger partial charge in [0.25, 0.3) is 5.56 Å². The number of pyridine rings is 1. The maximum absolute atomic E-state index is 11.4. The van der Waals surface area contributed by atoms with Crippen molar-refractivity contribution in [2.24, 2.45) is 5.73 Å². The fourth-order valence-corrected chi connectivity index (χ4v) is 1.56. The molecule has 0 aliphatic carbocycles. The van der Waals surface area contributed by atoms with Crippen LogP contribution in [0.2, 0.25) is 0 Å². The Labute approximate surface area is 79.3 Å². The van der Waals surface area contributed by atoms with Crippen LogP contribution in [0, 0.1) is 0 Å². The lowest BCUT2D eigenvalue weighted by atomic mass is 10.3. The summed E-state index contributed by atoms with van der Waals surface area (Å²) in [5.41, 5.74) is 6.06. The molecule has 12 heavy (non-hydrogen) atoms. The molecule has 2 N–H and O–H groups in total. The molecule has 1 rings (SSSR count). The van der Waals surface area contributed by atoms with Gasteiger partial charge in [0.2, 0.25) is 0 Å². The SMILES string of the molecule is CCn1cc(Br)cc(CN)c1=O. The highest BCUT2D eigenvalue weighted by Crippen LogP contribution is 2.07. The third-order valence-electron chi connectivity index (χ3n) is 1.69. The Balaban J connectivity index is 3.32. The summed E-state index contributed by atoms with van der Waals surface area (Å²) in [6.07, 6.45) is 1.77. The summed E-state index contributed by atoms with van der Waals surface area (Å²) >= 11 is 3.31. The van der Waals surface area contributed by atoms with Crippen LogP contribution >= 0.6 is 15.9 Å². The van der Waals surface area contributed by atoms with Crippen molar-refractivity contribution in [3.63, 3.8) is 0 Å². The van der Waals surface area contributed by atoms with Crippen LogP contribution in [0.3, 0.4) is 0 Å². The van der Waals surface area contributed by atoms with Gasteiger partial charge in [-0.1, -0.05) is 0 Å². The zero-order valence-electron chi connectivity index (χ0n) is 6.88. The summed E-state index contributed by atoms with van der Waals surface area (Å²) in [6, 6.07) is 1.76. The number of nitrogens with zero attached hydrogens (tertiary/aromatic N) is 1. The maximum atomic E-state index is 11.4. The minimum atomic E-state index is 0.00296. The van der Waals surface area contributed by atoms with Gasteiger partial charge in [0, 0.05) is 29.3 Å². The average molecular weight is 231 g/mol. The molecule has 3 nitrogen and oxygen atoms in total. The zero-order chi connectivity index (χ0) is 9.14. The Hall–Kier alpha value is -0.610. The number of halogens is 1. The summed E-state index contributed by atoms with van der Waals surface area (Å²) in [5, 5.41) is 0. The van der Waals surface area contributed by atoms with E-state index in [1.165, 1.54) is 0 Å². The van der Waals surface area contributed by atoms with Crippen LogP contribution in [0.15, 0.2) is 21.5 Å². The Kier molecular flexibility index (Phi) is 3.05. The second-order valence-corrected chi connectivity index (χ2v) is 3.39. The van der Waals surface area contributed by atoms with E-state index in [0.29, 0.717) is 12.1 Å². The lowest BCUT2D eigenvalue weighted by Gasteiger charge is -2.04. The van der Waals surface area contributed by atoms with Gasteiger partial charge in [-0.05, 0) is 28.9 Å². The lowest BCUT2D eigenvalue weighted by molar-refractivity contribution is 0.711. The highest BCUT2D eigenvalue weighted by atomic mass is 79.9. The molecule has 0 amide bonds. The van der Waals surface area contributed by atoms with Crippen molar-refractivity contribution in [1.29, 1.82) is 0 Å². The summed E-state index contributed by atoms with van der Waals surface area (Å²) in [5.74, 6) is 0. The second-order valence-electron chi connectivity index (χ2n) is 2.48. The summed E-state index contributed by atoms with van der Waals surface area (Å²) in [6.45, 7) is 2.89. The van der Waals surface area contributed by atoms with Crippen molar-refractivity contribution in [2.45, 2.75) is 20.0 Å². The highest BCUT2D eigenvalue weighted by Gasteiger charge is 2.01. The summed E-state index contributed by atoms with van der Waals surface area (Å²) in [4.78, 5) is 11.4. The molecule has 0 radical (unpaired) electrons. The normalized spacial score (nSPS) is 10.2. The van der Waals surface area contributed by atoms with Crippen molar-refractivity contribution in [2.75, 3.05) is 0 Å². The van der Waals surface area contributed by atoms with Crippen molar-refractivity contribution in [1.82, 2.24) is 4.57 Å². The molecule has 0 saturated carbocycles. The van der Waals surface area contributed by atoms with Crippen molar-refractivity contribution >= 4 is 15.9 Å². The van der Waals surface area contributed by atoms with Gasteiger partial charge in [-0.15, -0.1) is 0 Å². The van der Waals surface area contributed by atoms with E-state index in [2.05, 4.69) is 15.9 Å². The maximum Gasteiger partial charge on any atom is 0.255 e. The first kappa shape index (κ1) is 9.48. The topological polar surface area (TPSA) is 48.0 Å². The zero-order valence-corrected chi connectivity index (χ0v) is 8.47. The van der Waals surface area contributed by atoms with E-state index >= 15 is 0 Å². The van der Waals surface area contributed by atoms with Gasteiger partial charge in [-0.2, -0.15) is 0 Å². The summed E-state index contributed by atoms with van der Waals surface area (Å²) in [7, 11) is 0. The number of rotatable bonds is 2. The molecule has 1 heterocycles. The minimum Gasteiger partial charge on any atom is -0.326 e. The van der Waals surface area contributed by atoms with Crippen LogP contribution in [-0.4, -0.2) is 4.57 Å². The van der Waals surface area contributed by atoms with Crippen LogP contribution in [0.5, 0.6) is 0 Å². The van der Waals surface area contributed by atoms with E-state index in [9.17, 15) is 4.79 Å². The number of nitrogens with two attached hydrogens (primary N) is 1. The molecule has 0 spiro atoms. The Morgan fingerprint density at radius 2 is 2.33 bits per heavy atom. The highest BCUT2D eigenvalue weighted by molar-refractivity contribution is 9.10. The summed E-state index contributed by atoms with van der Waals surface area (Å²) < 4.78 is 2.52. The predicted molar refractivity (Wildman–Crippen MR) is 52.0 cm³/mol. The molecule has 0 atom stereocenters. The molecule has 1 aromatic heterocycles.